The predicted molar refractivity (Wildman–Crippen MR) is 95.6 cm³/mol. The lowest BCUT2D eigenvalue weighted by Gasteiger charge is -2.02. The SMILES string of the molecule is CCCC/C=C/COc1ccc(C#Cc2ccc(C#N)s2)cc1. The lowest BCUT2D eigenvalue weighted by molar-refractivity contribution is 0.362. The second-order valence-electron chi connectivity index (χ2n) is 4.97. The standard InChI is InChI=1S/C20H19NOS/c1-2-3-4-5-6-15-22-18-10-7-17(8-11-18)9-12-19-13-14-20(16-21)23-19/h5-8,10-11,13-14H,2-4,15H2,1H3/b6-5+. The summed E-state index contributed by atoms with van der Waals surface area (Å²) in [6.07, 6.45) is 7.79. The van der Waals surface area contributed by atoms with E-state index in [9.17, 15) is 0 Å². The van der Waals surface area contributed by atoms with Crippen LogP contribution in [0.5, 0.6) is 5.75 Å². The molecule has 2 nitrogen and oxygen atoms in total. The smallest absolute Gasteiger partial charge is 0.119 e. The fraction of sp³-hybridized carbons (Fsp3) is 0.250. The minimum absolute atomic E-state index is 0.598. The van der Waals surface area contributed by atoms with Gasteiger partial charge in [0.05, 0.1) is 4.88 Å². The average molecular weight is 321 g/mol. The van der Waals surface area contributed by atoms with Crippen molar-refractivity contribution < 1.29 is 4.74 Å². The summed E-state index contributed by atoms with van der Waals surface area (Å²) in [5, 5.41) is 8.79. The van der Waals surface area contributed by atoms with Crippen LogP contribution in [-0.4, -0.2) is 6.61 Å². The van der Waals surface area contributed by atoms with Crippen molar-refractivity contribution in [3.8, 4) is 23.7 Å². The summed E-state index contributed by atoms with van der Waals surface area (Å²) in [5.74, 6) is 7.02. The van der Waals surface area contributed by atoms with Crippen LogP contribution in [0, 0.1) is 23.2 Å². The van der Waals surface area contributed by atoms with Gasteiger partial charge in [-0.05, 0) is 42.8 Å². The molecule has 0 atom stereocenters. The number of hydrogen-bond donors (Lipinski definition) is 0. The molecule has 2 rings (SSSR count). The van der Waals surface area contributed by atoms with Gasteiger partial charge in [0.1, 0.15) is 23.3 Å². The highest BCUT2D eigenvalue weighted by Gasteiger charge is 1.95. The van der Waals surface area contributed by atoms with Gasteiger partial charge < -0.3 is 4.74 Å². The van der Waals surface area contributed by atoms with E-state index in [1.54, 1.807) is 6.07 Å². The molecular formula is C20H19NOS. The molecule has 0 saturated heterocycles. The zero-order chi connectivity index (χ0) is 16.3. The molecule has 1 heterocycles. The van der Waals surface area contributed by atoms with Crippen molar-refractivity contribution in [2.45, 2.75) is 26.2 Å². The topological polar surface area (TPSA) is 33.0 Å². The molecule has 0 saturated carbocycles. The van der Waals surface area contributed by atoms with E-state index in [0.717, 1.165) is 22.6 Å². The first-order valence-corrected chi connectivity index (χ1v) is 8.53. The maximum absolute atomic E-state index is 8.79. The molecule has 23 heavy (non-hydrogen) atoms. The second kappa shape index (κ2) is 9.51. The Bertz CT molecular complexity index is 738. The number of nitrogens with zero attached hydrogens (tertiary/aromatic N) is 1. The zero-order valence-corrected chi connectivity index (χ0v) is 14.0. The summed E-state index contributed by atoms with van der Waals surface area (Å²) in [6.45, 7) is 2.79. The molecule has 0 amide bonds. The van der Waals surface area contributed by atoms with Gasteiger partial charge >= 0.3 is 0 Å². The van der Waals surface area contributed by atoms with Gasteiger partial charge in [0.25, 0.3) is 0 Å². The number of unbranched alkanes of at least 4 members (excludes halogenated alkanes) is 2. The Kier molecular flexibility index (Phi) is 6.98. The average Bonchev–Trinajstić information content (AvgIpc) is 3.05. The maximum Gasteiger partial charge on any atom is 0.119 e. The molecule has 0 fully saturated rings. The molecule has 0 radical (unpaired) electrons. The summed E-state index contributed by atoms with van der Waals surface area (Å²) in [7, 11) is 0. The highest BCUT2D eigenvalue weighted by Crippen LogP contribution is 2.15. The summed E-state index contributed by atoms with van der Waals surface area (Å²) in [4.78, 5) is 1.59. The first-order chi connectivity index (χ1) is 11.3. The fourth-order valence-corrected chi connectivity index (χ4v) is 2.54. The van der Waals surface area contributed by atoms with Gasteiger partial charge in [0.2, 0.25) is 0 Å². The second-order valence-corrected chi connectivity index (χ2v) is 6.06. The van der Waals surface area contributed by atoms with E-state index in [0.29, 0.717) is 11.5 Å². The van der Waals surface area contributed by atoms with Crippen LogP contribution in [0.1, 0.15) is 41.5 Å². The molecule has 0 unspecified atom stereocenters. The monoisotopic (exact) mass is 321 g/mol. The van der Waals surface area contributed by atoms with E-state index in [-0.39, 0.29) is 0 Å². The number of thiophene rings is 1. The minimum atomic E-state index is 0.598. The van der Waals surface area contributed by atoms with Crippen LogP contribution in [0.3, 0.4) is 0 Å². The van der Waals surface area contributed by atoms with Crippen molar-refractivity contribution in [1.82, 2.24) is 0 Å². The molecule has 116 valence electrons. The largest absolute Gasteiger partial charge is 0.490 e. The van der Waals surface area contributed by atoms with Crippen LogP contribution in [0.2, 0.25) is 0 Å². The molecule has 0 aliphatic carbocycles. The number of ether oxygens (including phenoxy) is 1. The Balaban J connectivity index is 1.85. The quantitative estimate of drug-likeness (QED) is 0.419. The van der Waals surface area contributed by atoms with Crippen LogP contribution >= 0.6 is 11.3 Å². The molecule has 0 bridgehead atoms. The first kappa shape index (κ1) is 16.9. The number of nitriles is 1. The van der Waals surface area contributed by atoms with Crippen molar-refractivity contribution in [3.05, 3.63) is 63.9 Å². The van der Waals surface area contributed by atoms with Crippen LogP contribution in [0.25, 0.3) is 0 Å². The Labute approximate surface area is 142 Å². The minimum Gasteiger partial charge on any atom is -0.490 e. The highest BCUT2D eigenvalue weighted by molar-refractivity contribution is 7.13. The molecule has 2 aromatic rings. The normalized spacial score (nSPS) is 10.1. The molecule has 0 aliphatic rings. The molecule has 3 heteroatoms. The van der Waals surface area contributed by atoms with Crippen molar-refractivity contribution in [3.63, 3.8) is 0 Å². The van der Waals surface area contributed by atoms with Crippen molar-refractivity contribution in [2.75, 3.05) is 6.61 Å². The van der Waals surface area contributed by atoms with E-state index < -0.39 is 0 Å². The number of allylic oxidation sites excluding steroid dienone is 1. The molecular weight excluding hydrogens is 302 g/mol. The third-order valence-corrected chi connectivity index (χ3v) is 4.04. The lowest BCUT2D eigenvalue weighted by Crippen LogP contribution is -1.93. The molecule has 1 aromatic heterocycles. The summed E-state index contributed by atoms with van der Waals surface area (Å²) in [5.41, 5.74) is 0.933. The van der Waals surface area contributed by atoms with Crippen LogP contribution < -0.4 is 4.74 Å². The lowest BCUT2D eigenvalue weighted by atomic mass is 10.2. The molecule has 0 N–H and O–H groups in total. The summed E-state index contributed by atoms with van der Waals surface area (Å²) >= 11 is 1.41. The van der Waals surface area contributed by atoms with Gasteiger partial charge in [-0.3, -0.25) is 0 Å². The van der Waals surface area contributed by atoms with Gasteiger partial charge in [-0.2, -0.15) is 5.26 Å². The predicted octanol–water partition coefficient (Wildman–Crippen LogP) is 5.14. The van der Waals surface area contributed by atoms with Gasteiger partial charge in [-0.25, -0.2) is 0 Å². The first-order valence-electron chi connectivity index (χ1n) is 7.71. The Hall–Kier alpha value is -2.49. The van der Waals surface area contributed by atoms with Crippen molar-refractivity contribution in [2.24, 2.45) is 0 Å². The van der Waals surface area contributed by atoms with Gasteiger partial charge in [0.15, 0.2) is 0 Å². The van der Waals surface area contributed by atoms with E-state index in [1.807, 2.05) is 30.3 Å². The summed E-state index contributed by atoms with van der Waals surface area (Å²) in [6, 6.07) is 13.5. The van der Waals surface area contributed by atoms with Gasteiger partial charge in [-0.1, -0.05) is 43.8 Å². The van der Waals surface area contributed by atoms with E-state index in [1.165, 1.54) is 24.2 Å². The third kappa shape index (κ3) is 6.02. The molecule has 0 spiro atoms. The van der Waals surface area contributed by atoms with Crippen LogP contribution in [0.15, 0.2) is 48.6 Å². The maximum atomic E-state index is 8.79. The highest BCUT2D eigenvalue weighted by atomic mass is 32.1. The number of hydrogen-bond acceptors (Lipinski definition) is 3. The third-order valence-electron chi connectivity index (χ3n) is 3.14. The Morgan fingerprint density at radius 3 is 2.52 bits per heavy atom. The molecule has 1 aromatic carbocycles. The summed E-state index contributed by atoms with van der Waals surface area (Å²) < 4.78 is 5.65. The number of benzene rings is 1. The number of rotatable bonds is 6. The Morgan fingerprint density at radius 2 is 1.83 bits per heavy atom. The van der Waals surface area contributed by atoms with E-state index >= 15 is 0 Å². The fourth-order valence-electron chi connectivity index (χ4n) is 1.89. The van der Waals surface area contributed by atoms with Crippen LogP contribution in [0.4, 0.5) is 0 Å². The van der Waals surface area contributed by atoms with E-state index in [4.69, 9.17) is 10.00 Å². The van der Waals surface area contributed by atoms with Crippen LogP contribution in [-0.2, 0) is 0 Å². The Morgan fingerprint density at radius 1 is 1.04 bits per heavy atom. The van der Waals surface area contributed by atoms with Gasteiger partial charge in [0, 0.05) is 5.56 Å². The zero-order valence-electron chi connectivity index (χ0n) is 13.2. The van der Waals surface area contributed by atoms with Gasteiger partial charge in [-0.15, -0.1) is 11.3 Å². The van der Waals surface area contributed by atoms with Crippen molar-refractivity contribution >= 4 is 11.3 Å². The van der Waals surface area contributed by atoms with E-state index in [2.05, 4.69) is 37.0 Å². The van der Waals surface area contributed by atoms with Crippen molar-refractivity contribution in [1.29, 1.82) is 5.26 Å². The molecule has 0 aliphatic heterocycles.